The molecule has 0 aliphatic heterocycles. The zero-order chi connectivity index (χ0) is 10.3. The van der Waals surface area contributed by atoms with Gasteiger partial charge in [-0.25, -0.2) is 0 Å². The first-order chi connectivity index (χ1) is 6.11. The van der Waals surface area contributed by atoms with Gasteiger partial charge in [0, 0.05) is 13.0 Å². The highest BCUT2D eigenvalue weighted by atomic mass is 16.5. The predicted molar refractivity (Wildman–Crippen MR) is 47.9 cm³/mol. The van der Waals surface area contributed by atoms with Gasteiger partial charge in [0.1, 0.15) is 6.04 Å². The summed E-state index contributed by atoms with van der Waals surface area (Å²) < 4.78 is 4.41. The van der Waals surface area contributed by atoms with Crippen molar-refractivity contribution in [2.75, 3.05) is 13.7 Å². The lowest BCUT2D eigenvalue weighted by Crippen LogP contribution is -2.33. The van der Waals surface area contributed by atoms with Crippen LogP contribution in [0.5, 0.6) is 0 Å². The number of methoxy groups -OCH3 is 1. The van der Waals surface area contributed by atoms with Crippen molar-refractivity contribution in [1.82, 2.24) is 5.32 Å². The lowest BCUT2D eigenvalue weighted by atomic mass is 10.1. The number of hydrogen-bond donors (Lipinski definition) is 2. The van der Waals surface area contributed by atoms with Crippen LogP contribution in [-0.2, 0) is 14.3 Å². The van der Waals surface area contributed by atoms with E-state index in [1.807, 2.05) is 6.92 Å². The van der Waals surface area contributed by atoms with E-state index in [0.717, 1.165) is 0 Å². The molecule has 1 atom stereocenters. The van der Waals surface area contributed by atoms with Gasteiger partial charge in [-0.1, -0.05) is 0 Å². The molecule has 0 aliphatic carbocycles. The van der Waals surface area contributed by atoms with Gasteiger partial charge in [0.2, 0.25) is 5.91 Å². The Bertz CT molecular complexity index is 182. The highest BCUT2D eigenvalue weighted by molar-refractivity contribution is 5.79. The second-order valence-electron chi connectivity index (χ2n) is 2.62. The summed E-state index contributed by atoms with van der Waals surface area (Å²) in [4.78, 5) is 21.7. The lowest BCUT2D eigenvalue weighted by Gasteiger charge is -2.08. The summed E-state index contributed by atoms with van der Waals surface area (Å²) in [5.41, 5.74) is 5.42. The quantitative estimate of drug-likeness (QED) is 0.565. The maximum absolute atomic E-state index is 10.9. The molecule has 0 bridgehead atoms. The number of carbonyl (C=O) groups excluding carboxylic acids is 2. The highest BCUT2D eigenvalue weighted by Gasteiger charge is 2.14. The van der Waals surface area contributed by atoms with E-state index in [9.17, 15) is 9.59 Å². The van der Waals surface area contributed by atoms with Crippen molar-refractivity contribution >= 4 is 11.9 Å². The predicted octanol–water partition coefficient (Wildman–Crippen LogP) is -0.597. The second-order valence-corrected chi connectivity index (χ2v) is 2.62. The van der Waals surface area contributed by atoms with Gasteiger partial charge in [-0.2, -0.15) is 0 Å². The standard InChI is InChI=1S/C8H16N2O3/c1-3-10-7(11)5-4-6(9)8(12)13-2/h6H,3-5,9H2,1-2H3,(H,10,11)/t6-/m0/s1. The molecule has 0 aromatic rings. The van der Waals surface area contributed by atoms with Gasteiger partial charge in [-0.3, -0.25) is 9.59 Å². The maximum atomic E-state index is 10.9. The van der Waals surface area contributed by atoms with Crippen LogP contribution in [-0.4, -0.2) is 31.6 Å². The van der Waals surface area contributed by atoms with Crippen LogP contribution >= 0.6 is 0 Å². The Morgan fingerprint density at radius 2 is 2.15 bits per heavy atom. The molecule has 0 spiro atoms. The topological polar surface area (TPSA) is 81.4 Å². The van der Waals surface area contributed by atoms with Crippen LogP contribution in [0.2, 0.25) is 0 Å². The Kier molecular flexibility index (Phi) is 5.88. The molecule has 0 aliphatic rings. The van der Waals surface area contributed by atoms with Crippen molar-refractivity contribution < 1.29 is 14.3 Å². The molecule has 5 heteroatoms. The average molecular weight is 188 g/mol. The zero-order valence-corrected chi connectivity index (χ0v) is 8.00. The summed E-state index contributed by atoms with van der Waals surface area (Å²) in [6.45, 7) is 2.42. The van der Waals surface area contributed by atoms with Crippen molar-refractivity contribution in [2.45, 2.75) is 25.8 Å². The largest absolute Gasteiger partial charge is 0.468 e. The Hall–Kier alpha value is -1.10. The van der Waals surface area contributed by atoms with Crippen molar-refractivity contribution in [1.29, 1.82) is 0 Å². The van der Waals surface area contributed by atoms with Crippen LogP contribution in [0.25, 0.3) is 0 Å². The number of esters is 1. The second kappa shape index (κ2) is 6.42. The van der Waals surface area contributed by atoms with Gasteiger partial charge in [-0.05, 0) is 13.3 Å². The Morgan fingerprint density at radius 3 is 2.62 bits per heavy atom. The third-order valence-electron chi connectivity index (χ3n) is 1.56. The van der Waals surface area contributed by atoms with E-state index >= 15 is 0 Å². The molecule has 0 fully saturated rings. The minimum absolute atomic E-state index is 0.0955. The number of amides is 1. The molecule has 0 heterocycles. The normalized spacial score (nSPS) is 11.9. The fourth-order valence-electron chi connectivity index (χ4n) is 0.841. The molecule has 0 saturated carbocycles. The maximum Gasteiger partial charge on any atom is 0.322 e. The van der Waals surface area contributed by atoms with Crippen LogP contribution in [0.1, 0.15) is 19.8 Å². The van der Waals surface area contributed by atoms with E-state index in [2.05, 4.69) is 10.1 Å². The van der Waals surface area contributed by atoms with Crippen LogP contribution in [0.4, 0.5) is 0 Å². The van der Waals surface area contributed by atoms with E-state index in [0.29, 0.717) is 13.0 Å². The third-order valence-corrected chi connectivity index (χ3v) is 1.56. The summed E-state index contributed by atoms with van der Waals surface area (Å²) in [6.07, 6.45) is 0.572. The summed E-state index contributed by atoms with van der Waals surface area (Å²) in [5.74, 6) is -0.578. The number of nitrogens with two attached hydrogens (primary N) is 1. The number of ether oxygens (including phenoxy) is 1. The number of rotatable bonds is 5. The monoisotopic (exact) mass is 188 g/mol. The van der Waals surface area contributed by atoms with Gasteiger partial charge in [0.25, 0.3) is 0 Å². The Balaban J connectivity index is 3.63. The summed E-state index contributed by atoms with van der Waals surface area (Å²) >= 11 is 0. The van der Waals surface area contributed by atoms with Crippen LogP contribution in [0, 0.1) is 0 Å². The fourth-order valence-corrected chi connectivity index (χ4v) is 0.841. The molecule has 3 N–H and O–H groups in total. The molecule has 1 amide bonds. The van der Waals surface area contributed by atoms with Crippen molar-refractivity contribution in [2.24, 2.45) is 5.73 Å². The van der Waals surface area contributed by atoms with Crippen LogP contribution in [0.15, 0.2) is 0 Å². The summed E-state index contributed by atoms with van der Waals surface area (Å²) in [6, 6.07) is -0.701. The van der Waals surface area contributed by atoms with Crippen LogP contribution in [0.3, 0.4) is 0 Å². The first-order valence-corrected chi connectivity index (χ1v) is 4.22. The van der Waals surface area contributed by atoms with Gasteiger partial charge < -0.3 is 15.8 Å². The van der Waals surface area contributed by atoms with Gasteiger partial charge in [0.15, 0.2) is 0 Å². The molecule has 76 valence electrons. The molecule has 0 aromatic carbocycles. The lowest BCUT2D eigenvalue weighted by molar-refractivity contribution is -0.142. The summed E-state index contributed by atoms with van der Waals surface area (Å²) in [7, 11) is 1.27. The number of hydrogen-bond acceptors (Lipinski definition) is 4. The molecule has 0 saturated heterocycles. The molecular formula is C8H16N2O3. The van der Waals surface area contributed by atoms with Gasteiger partial charge in [-0.15, -0.1) is 0 Å². The van der Waals surface area contributed by atoms with E-state index in [1.54, 1.807) is 0 Å². The van der Waals surface area contributed by atoms with E-state index in [-0.39, 0.29) is 12.3 Å². The molecule has 5 nitrogen and oxygen atoms in total. The Labute approximate surface area is 77.6 Å². The van der Waals surface area contributed by atoms with Gasteiger partial charge in [0.05, 0.1) is 7.11 Å². The zero-order valence-electron chi connectivity index (χ0n) is 8.00. The first-order valence-electron chi connectivity index (χ1n) is 4.22. The smallest absolute Gasteiger partial charge is 0.322 e. The van der Waals surface area contributed by atoms with Gasteiger partial charge >= 0.3 is 5.97 Å². The fraction of sp³-hybridized carbons (Fsp3) is 0.750. The molecule has 0 rings (SSSR count). The number of carbonyl (C=O) groups is 2. The van der Waals surface area contributed by atoms with E-state index in [1.165, 1.54) is 7.11 Å². The molecule has 0 unspecified atom stereocenters. The summed E-state index contributed by atoms with van der Waals surface area (Å²) in [5, 5.41) is 2.61. The SMILES string of the molecule is CCNC(=O)CC[C@H](N)C(=O)OC. The van der Waals surface area contributed by atoms with E-state index in [4.69, 9.17) is 5.73 Å². The van der Waals surface area contributed by atoms with Crippen molar-refractivity contribution in [3.05, 3.63) is 0 Å². The van der Waals surface area contributed by atoms with Crippen molar-refractivity contribution in [3.63, 3.8) is 0 Å². The first kappa shape index (κ1) is 11.9. The molecular weight excluding hydrogens is 172 g/mol. The molecule has 13 heavy (non-hydrogen) atoms. The van der Waals surface area contributed by atoms with Crippen LogP contribution < -0.4 is 11.1 Å². The molecule has 0 aromatic heterocycles. The number of nitrogens with one attached hydrogen (secondary N) is 1. The minimum Gasteiger partial charge on any atom is -0.468 e. The minimum atomic E-state index is -0.701. The highest BCUT2D eigenvalue weighted by Crippen LogP contribution is 1.96. The Morgan fingerprint density at radius 1 is 1.54 bits per heavy atom. The van der Waals surface area contributed by atoms with Crippen molar-refractivity contribution in [3.8, 4) is 0 Å². The average Bonchev–Trinajstić information content (AvgIpc) is 2.13. The third kappa shape index (κ3) is 5.19. The van der Waals surface area contributed by atoms with E-state index < -0.39 is 12.0 Å². The molecule has 0 radical (unpaired) electrons.